The molecular formula is C15H19F2NO2. The fourth-order valence-electron chi connectivity index (χ4n) is 1.69. The molecule has 0 aliphatic rings. The summed E-state index contributed by atoms with van der Waals surface area (Å²) in [7, 11) is 0. The summed E-state index contributed by atoms with van der Waals surface area (Å²) in [5.74, 6) is 2.98. The number of halogens is 2. The predicted octanol–water partition coefficient (Wildman–Crippen LogP) is 3.19. The molecule has 1 aromatic carbocycles. The van der Waals surface area contributed by atoms with Crippen LogP contribution in [0.1, 0.15) is 25.8 Å². The van der Waals surface area contributed by atoms with Crippen LogP contribution in [0.4, 0.5) is 8.78 Å². The van der Waals surface area contributed by atoms with E-state index in [0.717, 1.165) is 12.0 Å². The molecule has 0 amide bonds. The third-order valence-electron chi connectivity index (χ3n) is 2.69. The molecule has 3 nitrogen and oxygen atoms in total. The van der Waals surface area contributed by atoms with E-state index in [1.54, 1.807) is 19.1 Å². The molecule has 0 fully saturated rings. The topological polar surface area (TPSA) is 30.5 Å². The summed E-state index contributed by atoms with van der Waals surface area (Å²) in [6.45, 7) is 1.81. The number of terminal acetylenes is 1. The average Bonchev–Trinajstić information content (AvgIpc) is 2.42. The lowest BCUT2D eigenvalue weighted by Crippen LogP contribution is -2.26. The zero-order valence-electron chi connectivity index (χ0n) is 11.7. The largest absolute Gasteiger partial charge is 0.490 e. The molecular weight excluding hydrogens is 264 g/mol. The van der Waals surface area contributed by atoms with Crippen LogP contribution < -0.4 is 14.8 Å². The number of hydrogen-bond donors (Lipinski definition) is 1. The van der Waals surface area contributed by atoms with Gasteiger partial charge in [0.2, 0.25) is 0 Å². The van der Waals surface area contributed by atoms with E-state index in [1.807, 2.05) is 6.92 Å². The predicted molar refractivity (Wildman–Crippen MR) is 74.0 cm³/mol. The van der Waals surface area contributed by atoms with Crippen molar-refractivity contribution in [3.8, 4) is 23.8 Å². The zero-order chi connectivity index (χ0) is 15.0. The molecule has 1 atom stereocenters. The highest BCUT2D eigenvalue weighted by Gasteiger charge is 2.12. The number of rotatable bonds is 8. The maximum Gasteiger partial charge on any atom is 0.387 e. The minimum absolute atomic E-state index is 0.0115. The van der Waals surface area contributed by atoms with Crippen LogP contribution in [-0.2, 0) is 6.54 Å². The summed E-state index contributed by atoms with van der Waals surface area (Å²) in [4.78, 5) is 0. The van der Waals surface area contributed by atoms with Crippen molar-refractivity contribution in [2.24, 2.45) is 0 Å². The van der Waals surface area contributed by atoms with Crippen LogP contribution in [0.15, 0.2) is 18.2 Å². The summed E-state index contributed by atoms with van der Waals surface area (Å²) in [5.41, 5.74) is 0.892. The second-order valence-corrected chi connectivity index (χ2v) is 4.10. The summed E-state index contributed by atoms with van der Waals surface area (Å²) in [5, 5.41) is 3.18. The van der Waals surface area contributed by atoms with Crippen LogP contribution in [-0.4, -0.2) is 19.3 Å². The molecule has 5 heteroatoms. The van der Waals surface area contributed by atoms with Gasteiger partial charge in [0.05, 0.1) is 12.6 Å². The number of benzene rings is 1. The van der Waals surface area contributed by atoms with E-state index in [1.165, 1.54) is 6.07 Å². The number of ether oxygens (including phenoxy) is 2. The van der Waals surface area contributed by atoms with Gasteiger partial charge in [0.25, 0.3) is 0 Å². The Labute approximate surface area is 118 Å². The number of alkyl halides is 2. The maximum atomic E-state index is 12.3. The van der Waals surface area contributed by atoms with Crippen LogP contribution >= 0.6 is 0 Å². The number of hydrogen-bond acceptors (Lipinski definition) is 3. The Morgan fingerprint density at radius 3 is 2.60 bits per heavy atom. The van der Waals surface area contributed by atoms with Crippen molar-refractivity contribution in [1.29, 1.82) is 0 Å². The molecule has 1 aromatic rings. The Morgan fingerprint density at radius 2 is 2.05 bits per heavy atom. The molecule has 1 rings (SSSR count). The van der Waals surface area contributed by atoms with Gasteiger partial charge < -0.3 is 9.47 Å². The average molecular weight is 283 g/mol. The molecule has 0 bridgehead atoms. The summed E-state index contributed by atoms with van der Waals surface area (Å²) in [6.07, 6.45) is 6.18. The van der Waals surface area contributed by atoms with E-state index in [2.05, 4.69) is 16.0 Å². The van der Waals surface area contributed by atoms with Crippen molar-refractivity contribution in [3.05, 3.63) is 23.8 Å². The summed E-state index contributed by atoms with van der Waals surface area (Å²) >= 11 is 0. The highest BCUT2D eigenvalue weighted by Crippen LogP contribution is 2.29. The first-order valence-electron chi connectivity index (χ1n) is 6.50. The third kappa shape index (κ3) is 5.06. The lowest BCUT2D eigenvalue weighted by atomic mass is 10.1. The second-order valence-electron chi connectivity index (χ2n) is 4.10. The molecule has 0 radical (unpaired) electrons. The van der Waals surface area contributed by atoms with E-state index in [-0.39, 0.29) is 11.8 Å². The first kappa shape index (κ1) is 16.3. The molecule has 0 saturated heterocycles. The van der Waals surface area contributed by atoms with E-state index in [9.17, 15) is 8.78 Å². The molecule has 1 N–H and O–H groups in total. The molecule has 0 aliphatic carbocycles. The minimum Gasteiger partial charge on any atom is -0.490 e. The molecule has 110 valence electrons. The maximum absolute atomic E-state index is 12.3. The van der Waals surface area contributed by atoms with E-state index >= 15 is 0 Å². The monoisotopic (exact) mass is 283 g/mol. The van der Waals surface area contributed by atoms with Gasteiger partial charge in [-0.15, -0.1) is 6.42 Å². The van der Waals surface area contributed by atoms with Crippen LogP contribution in [0.5, 0.6) is 11.5 Å². The lowest BCUT2D eigenvalue weighted by molar-refractivity contribution is -0.0514. The Balaban J connectivity index is 2.79. The Hall–Kier alpha value is -1.80. The van der Waals surface area contributed by atoms with Crippen LogP contribution in [0, 0.1) is 12.3 Å². The van der Waals surface area contributed by atoms with Gasteiger partial charge in [0.1, 0.15) is 0 Å². The van der Waals surface area contributed by atoms with Crippen molar-refractivity contribution in [3.63, 3.8) is 0 Å². The molecule has 0 heterocycles. The van der Waals surface area contributed by atoms with Gasteiger partial charge in [0.15, 0.2) is 11.5 Å². The highest BCUT2D eigenvalue weighted by molar-refractivity contribution is 5.43. The minimum atomic E-state index is -2.87. The van der Waals surface area contributed by atoms with Gasteiger partial charge in [0, 0.05) is 6.54 Å². The van der Waals surface area contributed by atoms with Crippen molar-refractivity contribution < 1.29 is 18.3 Å². The SMILES string of the molecule is C#CC(CC)NCc1ccc(OC(F)F)c(OCC)c1. The first-order valence-corrected chi connectivity index (χ1v) is 6.50. The van der Waals surface area contributed by atoms with Crippen molar-refractivity contribution in [1.82, 2.24) is 5.32 Å². The molecule has 1 unspecified atom stereocenters. The van der Waals surface area contributed by atoms with E-state index in [0.29, 0.717) is 18.9 Å². The molecule has 0 saturated carbocycles. The van der Waals surface area contributed by atoms with Crippen LogP contribution in [0.25, 0.3) is 0 Å². The molecule has 0 aliphatic heterocycles. The van der Waals surface area contributed by atoms with E-state index in [4.69, 9.17) is 11.2 Å². The Kier molecular flexibility index (Phi) is 6.82. The first-order chi connectivity index (χ1) is 9.60. The van der Waals surface area contributed by atoms with Gasteiger partial charge in [-0.25, -0.2) is 0 Å². The standard InChI is InChI=1S/C15H19F2NO2/c1-4-12(5-2)18-10-11-7-8-13(20-15(16)17)14(9-11)19-6-3/h1,7-9,12,15,18H,5-6,10H2,2-3H3. The molecule has 20 heavy (non-hydrogen) atoms. The molecule has 0 aromatic heterocycles. The Bertz CT molecular complexity index is 458. The van der Waals surface area contributed by atoms with Crippen LogP contribution in [0.2, 0.25) is 0 Å². The van der Waals surface area contributed by atoms with E-state index < -0.39 is 6.61 Å². The molecule has 0 spiro atoms. The normalized spacial score (nSPS) is 12.0. The van der Waals surface area contributed by atoms with Gasteiger partial charge in [-0.05, 0) is 31.0 Å². The summed E-state index contributed by atoms with van der Waals surface area (Å²) < 4.78 is 34.3. The zero-order valence-corrected chi connectivity index (χ0v) is 11.7. The highest BCUT2D eigenvalue weighted by atomic mass is 19.3. The van der Waals surface area contributed by atoms with Gasteiger partial charge in [-0.3, -0.25) is 5.32 Å². The quantitative estimate of drug-likeness (QED) is 0.743. The van der Waals surface area contributed by atoms with Crippen molar-refractivity contribution in [2.75, 3.05) is 6.61 Å². The van der Waals surface area contributed by atoms with Gasteiger partial charge in [-0.1, -0.05) is 18.9 Å². The van der Waals surface area contributed by atoms with Gasteiger partial charge in [-0.2, -0.15) is 8.78 Å². The van der Waals surface area contributed by atoms with Crippen LogP contribution in [0.3, 0.4) is 0 Å². The second kappa shape index (κ2) is 8.39. The van der Waals surface area contributed by atoms with Gasteiger partial charge >= 0.3 is 6.61 Å². The third-order valence-corrected chi connectivity index (χ3v) is 2.69. The fraction of sp³-hybridized carbons (Fsp3) is 0.467. The smallest absolute Gasteiger partial charge is 0.387 e. The number of nitrogens with one attached hydrogen (secondary N) is 1. The summed E-state index contributed by atoms with van der Waals surface area (Å²) in [6, 6.07) is 4.85. The van der Waals surface area contributed by atoms with Crippen molar-refractivity contribution >= 4 is 0 Å². The van der Waals surface area contributed by atoms with Crippen molar-refractivity contribution in [2.45, 2.75) is 39.5 Å². The fourth-order valence-corrected chi connectivity index (χ4v) is 1.69. The lowest BCUT2D eigenvalue weighted by Gasteiger charge is -2.14. The Morgan fingerprint density at radius 1 is 1.30 bits per heavy atom.